The van der Waals surface area contributed by atoms with Crippen LogP contribution < -0.4 is 19.5 Å². The van der Waals surface area contributed by atoms with Crippen LogP contribution in [0.3, 0.4) is 0 Å². The molecule has 2 amide bonds. The van der Waals surface area contributed by atoms with Gasteiger partial charge in [0.1, 0.15) is 5.75 Å². The largest absolute Gasteiger partial charge is 0.497 e. The highest BCUT2D eigenvalue weighted by Gasteiger charge is 2.71. The molecule has 1 aliphatic heterocycles. The maximum Gasteiger partial charge on any atom is 0.425 e. The first kappa shape index (κ1) is 29.0. The number of carbonyl (C=O) groups is 3. The van der Waals surface area contributed by atoms with E-state index < -0.39 is 40.3 Å². The second-order valence-corrected chi connectivity index (χ2v) is 10.6. The van der Waals surface area contributed by atoms with E-state index in [1.54, 1.807) is 32.0 Å². The summed E-state index contributed by atoms with van der Waals surface area (Å²) in [4.78, 5) is 41.3. The Bertz CT molecular complexity index is 1370. The van der Waals surface area contributed by atoms with Gasteiger partial charge in [-0.3, -0.25) is 14.4 Å². The van der Waals surface area contributed by atoms with Crippen LogP contribution in [0.4, 0.5) is 13.2 Å². The van der Waals surface area contributed by atoms with Crippen LogP contribution in [0, 0.1) is 5.41 Å². The number of nitrogens with zero attached hydrogens (tertiary/aromatic N) is 1. The molecule has 4 rings (SSSR count). The molecule has 1 heterocycles. The molecule has 1 N–H and O–H groups in total. The average Bonchev–Trinajstić information content (AvgIpc) is 3.13. The van der Waals surface area contributed by atoms with Crippen molar-refractivity contribution in [2.75, 3.05) is 27.9 Å². The van der Waals surface area contributed by atoms with E-state index in [1.807, 2.05) is 5.32 Å². The third-order valence-electron chi connectivity index (χ3n) is 7.27. The summed E-state index contributed by atoms with van der Waals surface area (Å²) in [6.45, 7) is 3.37. The highest BCUT2D eigenvalue weighted by molar-refractivity contribution is 6.14. The number of ketones is 1. The van der Waals surface area contributed by atoms with Crippen LogP contribution in [0.15, 0.2) is 53.7 Å². The molecule has 0 aromatic heterocycles. The molecule has 1 aliphatic carbocycles. The summed E-state index contributed by atoms with van der Waals surface area (Å²) in [5.41, 5.74) is -4.35. The number of ether oxygens (including phenoxy) is 3. The van der Waals surface area contributed by atoms with E-state index in [9.17, 15) is 14.4 Å². The summed E-state index contributed by atoms with van der Waals surface area (Å²) >= 11 is 0. The zero-order chi connectivity index (χ0) is 29.5. The molecule has 2 aromatic carbocycles. The first-order valence-electron chi connectivity index (χ1n) is 12.6. The number of nitrogens with one attached hydrogen (secondary N) is 1. The molecule has 214 valence electrons. The number of benzene rings is 2. The number of hydrogen-bond acceptors (Lipinski definition) is 6. The van der Waals surface area contributed by atoms with Crippen LogP contribution >= 0.6 is 0 Å². The number of Topliss-reactive ketones (excluding diaryl/α,β-unsaturated/α-hetero) is 1. The van der Waals surface area contributed by atoms with Gasteiger partial charge in [0.25, 0.3) is 11.8 Å². The van der Waals surface area contributed by atoms with Gasteiger partial charge in [0.05, 0.1) is 26.9 Å². The third kappa shape index (κ3) is 5.00. The number of hydrogen-bond donors (Lipinski definition) is 1. The number of methoxy groups -OCH3 is 3. The molecule has 0 spiro atoms. The summed E-state index contributed by atoms with van der Waals surface area (Å²) in [6, 6.07) is 10.5. The fourth-order valence-corrected chi connectivity index (χ4v) is 5.32. The normalized spacial score (nSPS) is 20.4. The van der Waals surface area contributed by atoms with Crippen molar-refractivity contribution in [1.82, 2.24) is 10.2 Å². The van der Waals surface area contributed by atoms with Gasteiger partial charge in [-0.2, -0.15) is 13.2 Å². The van der Waals surface area contributed by atoms with Gasteiger partial charge in [-0.1, -0.05) is 19.9 Å². The Morgan fingerprint density at radius 3 is 2.17 bits per heavy atom. The lowest BCUT2D eigenvalue weighted by Crippen LogP contribution is -2.66. The molecule has 0 radical (unpaired) electrons. The molecule has 0 bridgehead atoms. The van der Waals surface area contributed by atoms with Crippen LogP contribution in [-0.4, -0.2) is 62.1 Å². The van der Waals surface area contributed by atoms with Crippen LogP contribution in [0.2, 0.25) is 0 Å². The van der Waals surface area contributed by atoms with Crippen LogP contribution in [0.25, 0.3) is 0 Å². The number of halogens is 3. The Hall–Kier alpha value is -4.02. The SMILES string of the molecule is COc1ccc(C(=O)N[C@@]2(C(F)(F)F)C(=O)N(CCc3ccc(OC)c(OC)c3)C3=C2C(=O)CC(C)(C)C3)cc1. The first-order chi connectivity index (χ1) is 18.8. The van der Waals surface area contributed by atoms with Crippen molar-refractivity contribution < 1.29 is 41.8 Å². The lowest BCUT2D eigenvalue weighted by Gasteiger charge is -2.35. The lowest BCUT2D eigenvalue weighted by atomic mass is 9.72. The molecule has 11 heteroatoms. The van der Waals surface area contributed by atoms with E-state index >= 15 is 13.2 Å². The number of rotatable bonds is 8. The van der Waals surface area contributed by atoms with Gasteiger partial charge < -0.3 is 24.4 Å². The van der Waals surface area contributed by atoms with E-state index in [0.717, 1.165) is 4.90 Å². The first-order valence-corrected chi connectivity index (χ1v) is 12.6. The Balaban J connectivity index is 1.76. The predicted molar refractivity (Wildman–Crippen MR) is 139 cm³/mol. The monoisotopic (exact) mass is 560 g/mol. The summed E-state index contributed by atoms with van der Waals surface area (Å²) < 4.78 is 60.6. The molecular weight excluding hydrogens is 529 g/mol. The standard InChI is InChI=1S/C29H31F3N2O6/c1-27(2)15-20-24(21(35)16-27)28(29(30,31)32,33-25(36)18-7-9-19(38-3)10-8-18)26(37)34(20)13-12-17-6-11-22(39-4)23(14-17)40-5/h6-11,14H,12-13,15-16H2,1-5H3,(H,33,36)/t28-/m1/s1. The smallest absolute Gasteiger partial charge is 0.425 e. The fourth-order valence-electron chi connectivity index (χ4n) is 5.32. The molecule has 0 saturated heterocycles. The van der Waals surface area contributed by atoms with Crippen LogP contribution in [-0.2, 0) is 16.0 Å². The van der Waals surface area contributed by atoms with Gasteiger partial charge in [-0.05, 0) is 60.2 Å². The molecule has 0 saturated carbocycles. The molecule has 2 aromatic rings. The minimum absolute atomic E-state index is 0.0147. The zero-order valence-electron chi connectivity index (χ0n) is 22.9. The van der Waals surface area contributed by atoms with Crippen molar-refractivity contribution in [1.29, 1.82) is 0 Å². The maximum absolute atomic E-state index is 15.0. The van der Waals surface area contributed by atoms with E-state index in [4.69, 9.17) is 14.2 Å². The van der Waals surface area contributed by atoms with Gasteiger partial charge in [0.15, 0.2) is 17.3 Å². The zero-order valence-corrected chi connectivity index (χ0v) is 22.9. The number of alkyl halides is 3. The molecule has 40 heavy (non-hydrogen) atoms. The Labute approximate surface area is 230 Å². The van der Waals surface area contributed by atoms with Gasteiger partial charge in [0, 0.05) is 24.2 Å². The molecule has 0 unspecified atom stereocenters. The minimum atomic E-state index is -5.29. The van der Waals surface area contributed by atoms with Crippen molar-refractivity contribution >= 4 is 17.6 Å². The van der Waals surface area contributed by atoms with Gasteiger partial charge in [-0.25, -0.2) is 0 Å². The molecular formula is C29H31F3N2O6. The average molecular weight is 561 g/mol. The Kier molecular flexibility index (Phi) is 7.62. The predicted octanol–water partition coefficient (Wildman–Crippen LogP) is 4.47. The van der Waals surface area contributed by atoms with Crippen molar-refractivity contribution in [2.24, 2.45) is 5.41 Å². The topological polar surface area (TPSA) is 94.2 Å². The Morgan fingerprint density at radius 1 is 0.950 bits per heavy atom. The van der Waals surface area contributed by atoms with Crippen LogP contribution in [0.5, 0.6) is 17.2 Å². The molecule has 0 fully saturated rings. The number of amides is 2. The second-order valence-electron chi connectivity index (χ2n) is 10.6. The molecule has 2 aliphatic rings. The van der Waals surface area contributed by atoms with Crippen molar-refractivity contribution in [2.45, 2.75) is 44.8 Å². The minimum Gasteiger partial charge on any atom is -0.497 e. The van der Waals surface area contributed by atoms with Crippen LogP contribution in [0.1, 0.15) is 42.6 Å². The summed E-state index contributed by atoms with van der Waals surface area (Å²) in [7, 11) is 4.35. The van der Waals surface area contributed by atoms with Crippen molar-refractivity contribution in [3.8, 4) is 17.2 Å². The van der Waals surface area contributed by atoms with E-state index in [2.05, 4.69) is 0 Å². The fraction of sp³-hybridized carbons (Fsp3) is 0.414. The van der Waals surface area contributed by atoms with Crippen molar-refractivity contribution in [3.63, 3.8) is 0 Å². The summed E-state index contributed by atoms with van der Waals surface area (Å²) in [5.74, 6) is -2.06. The maximum atomic E-state index is 15.0. The number of allylic oxidation sites excluding steroid dienone is 1. The van der Waals surface area contributed by atoms with Gasteiger partial charge >= 0.3 is 6.18 Å². The summed E-state index contributed by atoms with van der Waals surface area (Å²) in [6.07, 6.45) is -5.26. The van der Waals surface area contributed by atoms with E-state index in [1.165, 1.54) is 45.6 Å². The van der Waals surface area contributed by atoms with Gasteiger partial charge in [-0.15, -0.1) is 0 Å². The van der Waals surface area contributed by atoms with E-state index in [-0.39, 0.29) is 37.1 Å². The molecule has 8 nitrogen and oxygen atoms in total. The Morgan fingerprint density at radius 2 is 1.60 bits per heavy atom. The third-order valence-corrected chi connectivity index (χ3v) is 7.27. The second kappa shape index (κ2) is 10.5. The number of carbonyl (C=O) groups excluding carboxylic acids is 3. The quantitative estimate of drug-likeness (QED) is 0.512. The highest BCUT2D eigenvalue weighted by atomic mass is 19.4. The van der Waals surface area contributed by atoms with Crippen molar-refractivity contribution in [3.05, 3.63) is 64.9 Å². The highest BCUT2D eigenvalue weighted by Crippen LogP contribution is 2.51. The summed E-state index contributed by atoms with van der Waals surface area (Å²) in [5, 5.41) is 1.94. The van der Waals surface area contributed by atoms with Gasteiger partial charge in [0.2, 0.25) is 5.54 Å². The van der Waals surface area contributed by atoms with E-state index in [0.29, 0.717) is 22.8 Å². The lowest BCUT2D eigenvalue weighted by molar-refractivity contribution is -0.190. The molecule has 1 atom stereocenters.